The third-order valence-electron chi connectivity index (χ3n) is 4.55. The molecule has 1 aromatic heterocycles. The first kappa shape index (κ1) is 18.2. The van der Waals surface area contributed by atoms with Crippen LogP contribution in [-0.2, 0) is 30.1 Å². The van der Waals surface area contributed by atoms with Crippen LogP contribution in [0.25, 0.3) is 0 Å². The first-order chi connectivity index (χ1) is 11.2. The summed E-state index contributed by atoms with van der Waals surface area (Å²) in [6.45, 7) is 11.2. The fraction of sp³-hybridized carbons (Fsp3) is 0.500. The lowest BCUT2D eigenvalue weighted by molar-refractivity contribution is -0.120. The Labute approximate surface area is 145 Å². The molecule has 4 nitrogen and oxygen atoms in total. The highest BCUT2D eigenvalue weighted by molar-refractivity contribution is 5.79. The monoisotopic (exact) mass is 327 g/mol. The van der Waals surface area contributed by atoms with Crippen molar-refractivity contribution in [2.45, 2.75) is 52.9 Å². The SMILES string of the molecule is Cc1nn(C)c(C)c1CC(=O)NCCc1ccc(C(C)(C)C)cc1. The molecule has 0 aliphatic carbocycles. The summed E-state index contributed by atoms with van der Waals surface area (Å²) in [5.41, 5.74) is 5.77. The van der Waals surface area contributed by atoms with E-state index in [2.05, 4.69) is 55.5 Å². The first-order valence-electron chi connectivity index (χ1n) is 8.53. The number of hydrogen-bond acceptors (Lipinski definition) is 2. The lowest BCUT2D eigenvalue weighted by atomic mass is 9.86. The molecule has 4 heteroatoms. The van der Waals surface area contributed by atoms with Crippen LogP contribution >= 0.6 is 0 Å². The fourth-order valence-electron chi connectivity index (χ4n) is 2.81. The highest BCUT2D eigenvalue weighted by Crippen LogP contribution is 2.22. The van der Waals surface area contributed by atoms with Gasteiger partial charge in [0.15, 0.2) is 0 Å². The molecule has 24 heavy (non-hydrogen) atoms. The second kappa shape index (κ2) is 7.20. The van der Waals surface area contributed by atoms with E-state index in [0.29, 0.717) is 13.0 Å². The number of aryl methyl sites for hydroxylation is 2. The predicted octanol–water partition coefficient (Wildman–Crippen LogP) is 3.24. The van der Waals surface area contributed by atoms with Gasteiger partial charge in [-0.05, 0) is 36.8 Å². The number of nitrogens with zero attached hydrogens (tertiary/aromatic N) is 2. The maximum Gasteiger partial charge on any atom is 0.224 e. The molecule has 0 aliphatic heterocycles. The lowest BCUT2D eigenvalue weighted by Gasteiger charge is -2.19. The molecular formula is C20H29N3O. The molecule has 1 aromatic carbocycles. The molecule has 0 aliphatic rings. The Morgan fingerprint density at radius 2 is 1.79 bits per heavy atom. The van der Waals surface area contributed by atoms with Gasteiger partial charge in [0.1, 0.15) is 0 Å². The highest BCUT2D eigenvalue weighted by Gasteiger charge is 2.14. The molecule has 1 amide bonds. The van der Waals surface area contributed by atoms with Crippen molar-refractivity contribution in [3.8, 4) is 0 Å². The molecule has 0 fully saturated rings. The Morgan fingerprint density at radius 1 is 1.17 bits per heavy atom. The third kappa shape index (κ3) is 4.47. The summed E-state index contributed by atoms with van der Waals surface area (Å²) in [4.78, 5) is 12.2. The minimum absolute atomic E-state index is 0.0560. The largest absolute Gasteiger partial charge is 0.355 e. The summed E-state index contributed by atoms with van der Waals surface area (Å²) in [6, 6.07) is 8.67. The van der Waals surface area contributed by atoms with Gasteiger partial charge >= 0.3 is 0 Å². The highest BCUT2D eigenvalue weighted by atomic mass is 16.1. The first-order valence-corrected chi connectivity index (χ1v) is 8.53. The number of benzene rings is 1. The van der Waals surface area contributed by atoms with E-state index < -0.39 is 0 Å². The van der Waals surface area contributed by atoms with E-state index in [1.165, 1.54) is 11.1 Å². The van der Waals surface area contributed by atoms with E-state index in [4.69, 9.17) is 0 Å². The number of rotatable bonds is 5. The van der Waals surface area contributed by atoms with E-state index in [1.807, 2.05) is 25.6 Å². The fourth-order valence-corrected chi connectivity index (χ4v) is 2.81. The summed E-state index contributed by atoms with van der Waals surface area (Å²) < 4.78 is 1.83. The van der Waals surface area contributed by atoms with Crippen LogP contribution in [0.5, 0.6) is 0 Å². The van der Waals surface area contributed by atoms with Gasteiger partial charge in [0, 0.05) is 24.8 Å². The van der Waals surface area contributed by atoms with Gasteiger partial charge in [-0.3, -0.25) is 9.48 Å². The van der Waals surface area contributed by atoms with Gasteiger partial charge in [0.05, 0.1) is 12.1 Å². The molecule has 0 bridgehead atoms. The van der Waals surface area contributed by atoms with Crippen molar-refractivity contribution in [1.82, 2.24) is 15.1 Å². The zero-order valence-corrected chi connectivity index (χ0v) is 15.7. The number of amides is 1. The van der Waals surface area contributed by atoms with Crippen molar-refractivity contribution < 1.29 is 4.79 Å². The summed E-state index contributed by atoms with van der Waals surface area (Å²) in [7, 11) is 1.91. The van der Waals surface area contributed by atoms with Gasteiger partial charge in [-0.2, -0.15) is 5.10 Å². The second-order valence-corrected chi connectivity index (χ2v) is 7.50. The maximum atomic E-state index is 12.2. The lowest BCUT2D eigenvalue weighted by Crippen LogP contribution is -2.27. The van der Waals surface area contributed by atoms with E-state index in [-0.39, 0.29) is 11.3 Å². The van der Waals surface area contributed by atoms with Crippen molar-refractivity contribution in [3.63, 3.8) is 0 Å². The molecule has 130 valence electrons. The predicted molar refractivity (Wildman–Crippen MR) is 98.2 cm³/mol. The van der Waals surface area contributed by atoms with Crippen LogP contribution in [-0.4, -0.2) is 22.2 Å². The zero-order valence-electron chi connectivity index (χ0n) is 15.7. The molecule has 1 N–H and O–H groups in total. The molecular weight excluding hydrogens is 298 g/mol. The van der Waals surface area contributed by atoms with Crippen LogP contribution in [0.2, 0.25) is 0 Å². The van der Waals surface area contributed by atoms with Crippen LogP contribution < -0.4 is 5.32 Å². The number of carbonyl (C=O) groups is 1. The normalized spacial score (nSPS) is 11.6. The number of nitrogens with one attached hydrogen (secondary N) is 1. The summed E-state index contributed by atoms with van der Waals surface area (Å²) in [5, 5.41) is 7.37. The summed E-state index contributed by atoms with van der Waals surface area (Å²) in [6.07, 6.45) is 1.25. The second-order valence-electron chi connectivity index (χ2n) is 7.50. The van der Waals surface area contributed by atoms with Crippen molar-refractivity contribution in [2.24, 2.45) is 7.05 Å². The van der Waals surface area contributed by atoms with Gasteiger partial charge in [-0.1, -0.05) is 45.0 Å². The minimum atomic E-state index is 0.0560. The van der Waals surface area contributed by atoms with Gasteiger partial charge in [-0.25, -0.2) is 0 Å². The number of carbonyl (C=O) groups excluding carboxylic acids is 1. The molecule has 2 rings (SSSR count). The van der Waals surface area contributed by atoms with Gasteiger partial charge < -0.3 is 5.32 Å². The Hall–Kier alpha value is -2.10. The van der Waals surface area contributed by atoms with Crippen LogP contribution in [0.15, 0.2) is 24.3 Å². The standard InChI is InChI=1S/C20H29N3O/c1-14-18(15(2)23(6)22-14)13-19(24)21-12-11-16-7-9-17(10-8-16)20(3,4)5/h7-10H,11-13H2,1-6H3,(H,21,24). The molecule has 0 radical (unpaired) electrons. The molecule has 0 saturated carbocycles. The Bertz CT molecular complexity index is 706. The number of aromatic nitrogens is 2. The van der Waals surface area contributed by atoms with Gasteiger partial charge in [-0.15, -0.1) is 0 Å². The number of hydrogen-bond donors (Lipinski definition) is 1. The minimum Gasteiger partial charge on any atom is -0.355 e. The van der Waals surface area contributed by atoms with Crippen LogP contribution in [0.4, 0.5) is 0 Å². The Balaban J connectivity index is 1.84. The molecule has 0 saturated heterocycles. The van der Waals surface area contributed by atoms with E-state index >= 15 is 0 Å². The van der Waals surface area contributed by atoms with Crippen LogP contribution in [0.1, 0.15) is 48.8 Å². The molecule has 2 aromatic rings. The van der Waals surface area contributed by atoms with E-state index in [0.717, 1.165) is 23.4 Å². The maximum absolute atomic E-state index is 12.2. The van der Waals surface area contributed by atoms with E-state index in [1.54, 1.807) is 0 Å². The van der Waals surface area contributed by atoms with Crippen LogP contribution in [0, 0.1) is 13.8 Å². The topological polar surface area (TPSA) is 46.9 Å². The average molecular weight is 327 g/mol. The smallest absolute Gasteiger partial charge is 0.224 e. The molecule has 1 heterocycles. The average Bonchev–Trinajstić information content (AvgIpc) is 2.73. The molecule has 0 atom stereocenters. The summed E-state index contributed by atoms with van der Waals surface area (Å²) in [5.74, 6) is 0.0560. The van der Waals surface area contributed by atoms with Crippen molar-refractivity contribution in [2.75, 3.05) is 6.54 Å². The van der Waals surface area contributed by atoms with Crippen molar-refractivity contribution in [3.05, 3.63) is 52.3 Å². The molecule has 0 spiro atoms. The quantitative estimate of drug-likeness (QED) is 0.916. The summed E-state index contributed by atoms with van der Waals surface area (Å²) >= 11 is 0. The van der Waals surface area contributed by atoms with Crippen LogP contribution in [0.3, 0.4) is 0 Å². The third-order valence-corrected chi connectivity index (χ3v) is 4.55. The van der Waals surface area contributed by atoms with Gasteiger partial charge in [0.25, 0.3) is 0 Å². The van der Waals surface area contributed by atoms with Crippen molar-refractivity contribution in [1.29, 1.82) is 0 Å². The van der Waals surface area contributed by atoms with E-state index in [9.17, 15) is 4.79 Å². The molecule has 0 unspecified atom stereocenters. The van der Waals surface area contributed by atoms with Gasteiger partial charge in [0.2, 0.25) is 5.91 Å². The van der Waals surface area contributed by atoms with Crippen molar-refractivity contribution >= 4 is 5.91 Å². The Kier molecular flexibility index (Phi) is 5.47. The Morgan fingerprint density at radius 3 is 2.29 bits per heavy atom. The zero-order chi connectivity index (χ0) is 17.9.